The van der Waals surface area contributed by atoms with Gasteiger partial charge in [-0.05, 0) is 109 Å². The molecule has 8 heteroatoms. The van der Waals surface area contributed by atoms with E-state index >= 15 is 0 Å². The van der Waals surface area contributed by atoms with E-state index in [2.05, 4.69) is 20.6 Å². The van der Waals surface area contributed by atoms with Crippen LogP contribution in [0, 0.1) is 20.8 Å². The molecule has 0 saturated carbocycles. The first kappa shape index (κ1) is 31.1. The third-order valence-corrected chi connectivity index (χ3v) is 8.26. The number of H-pyrrole nitrogens is 2. The molecule has 4 N–H and O–H groups in total. The van der Waals surface area contributed by atoms with Crippen LogP contribution in [-0.2, 0) is 0 Å². The molecule has 0 spiro atoms. The summed E-state index contributed by atoms with van der Waals surface area (Å²) in [5.74, 6) is 0.636. The van der Waals surface area contributed by atoms with Gasteiger partial charge in [-0.25, -0.2) is 9.97 Å². The van der Waals surface area contributed by atoms with Crippen LogP contribution in [0.1, 0.15) is 60.2 Å². The summed E-state index contributed by atoms with van der Waals surface area (Å²) in [6, 6.07) is 36.2. The molecule has 0 fully saturated rings. The highest BCUT2D eigenvalue weighted by molar-refractivity contribution is 6.03. The molecule has 0 aliphatic heterocycles. The minimum Gasteiger partial charge on any atom is -0.337 e. The first-order chi connectivity index (χ1) is 23.8. The fourth-order valence-corrected chi connectivity index (χ4v) is 5.66. The molecule has 2 heterocycles. The van der Waals surface area contributed by atoms with E-state index in [-0.39, 0.29) is 11.8 Å². The maximum absolute atomic E-state index is 13.3. The van der Waals surface area contributed by atoms with Gasteiger partial charge in [0.1, 0.15) is 0 Å². The van der Waals surface area contributed by atoms with Gasteiger partial charge in [-0.15, -0.1) is 0 Å². The largest absolute Gasteiger partial charge is 0.337 e. The van der Waals surface area contributed by atoms with Crippen LogP contribution >= 0.6 is 0 Å². The van der Waals surface area contributed by atoms with Crippen molar-refractivity contribution in [3.8, 4) is 0 Å². The van der Waals surface area contributed by atoms with Gasteiger partial charge in [0, 0.05) is 11.1 Å². The number of aryl methyl sites for hydroxylation is 3. The molecule has 5 aromatic carbocycles. The van der Waals surface area contributed by atoms with E-state index < -0.39 is 0 Å². The molecule has 0 unspecified atom stereocenters. The number of aromatic nitrogens is 4. The SMILES string of the molecule is Cc1ccc2[nH]c(/C(=C/c3ccc(/C=C(/NC(=O)c4ccccc4)c4nc5ccc(C)cc5[nH]4)c(C)c3)NC(=O)c3ccccc3)nc2c1. The third-order valence-electron chi connectivity index (χ3n) is 8.26. The number of hydrogen-bond donors (Lipinski definition) is 4. The van der Waals surface area contributed by atoms with Gasteiger partial charge in [0.05, 0.1) is 33.5 Å². The van der Waals surface area contributed by atoms with Crippen LogP contribution in [0.2, 0.25) is 0 Å². The summed E-state index contributed by atoms with van der Waals surface area (Å²) >= 11 is 0. The van der Waals surface area contributed by atoms with Crippen molar-refractivity contribution in [1.82, 2.24) is 30.6 Å². The molecule has 240 valence electrons. The lowest BCUT2D eigenvalue weighted by Gasteiger charge is -2.11. The van der Waals surface area contributed by atoms with Crippen LogP contribution in [0.15, 0.2) is 115 Å². The second-order valence-electron chi connectivity index (χ2n) is 12.1. The minimum absolute atomic E-state index is 0.236. The van der Waals surface area contributed by atoms with Crippen molar-refractivity contribution in [2.45, 2.75) is 20.8 Å². The highest BCUT2D eigenvalue weighted by atomic mass is 16.2. The highest BCUT2D eigenvalue weighted by Gasteiger charge is 2.16. The molecule has 0 saturated heterocycles. The van der Waals surface area contributed by atoms with Gasteiger partial charge < -0.3 is 20.6 Å². The fourth-order valence-electron chi connectivity index (χ4n) is 5.66. The maximum atomic E-state index is 13.3. The Morgan fingerprint density at radius 2 is 1.14 bits per heavy atom. The number of carbonyl (C=O) groups is 2. The minimum atomic E-state index is -0.236. The topological polar surface area (TPSA) is 116 Å². The van der Waals surface area contributed by atoms with E-state index in [9.17, 15) is 9.59 Å². The molecule has 2 aromatic heterocycles. The van der Waals surface area contributed by atoms with Crippen molar-refractivity contribution in [3.05, 3.63) is 166 Å². The third kappa shape index (κ3) is 6.94. The Morgan fingerprint density at radius 3 is 1.80 bits per heavy atom. The van der Waals surface area contributed by atoms with E-state index in [1.54, 1.807) is 24.3 Å². The summed E-state index contributed by atoms with van der Waals surface area (Å²) in [6.07, 6.45) is 3.83. The molecule has 0 aliphatic rings. The molecule has 0 radical (unpaired) electrons. The summed E-state index contributed by atoms with van der Waals surface area (Å²) in [4.78, 5) is 43.0. The summed E-state index contributed by atoms with van der Waals surface area (Å²) in [6.45, 7) is 6.06. The van der Waals surface area contributed by atoms with Crippen LogP contribution < -0.4 is 10.6 Å². The standard InChI is InChI=1S/C41H34N6O2/c1-25-14-18-32-34(20-25)44-38(42-32)36(46-40(48)29-10-6-4-7-11-29)23-28-16-17-31(27(3)22-28)24-37(47-41(49)30-12-8-5-9-13-30)39-43-33-19-15-26(2)21-35(33)45-39/h4-24H,1-3H3,(H,42,44)(H,43,45)(H,46,48)(H,47,49)/b36-23-,37-24+. The average molecular weight is 643 g/mol. The lowest BCUT2D eigenvalue weighted by atomic mass is 10.0. The summed E-state index contributed by atoms with van der Waals surface area (Å²) in [7, 11) is 0. The number of aromatic amines is 2. The first-order valence-electron chi connectivity index (χ1n) is 16.0. The van der Waals surface area contributed by atoms with Gasteiger partial charge in [0.2, 0.25) is 0 Å². The monoisotopic (exact) mass is 642 g/mol. The van der Waals surface area contributed by atoms with Crippen molar-refractivity contribution in [3.63, 3.8) is 0 Å². The maximum Gasteiger partial charge on any atom is 0.255 e. The van der Waals surface area contributed by atoms with E-state index in [4.69, 9.17) is 9.97 Å². The molecular formula is C41H34N6O2. The van der Waals surface area contributed by atoms with Gasteiger partial charge in [-0.1, -0.05) is 66.7 Å². The zero-order valence-electron chi connectivity index (χ0n) is 27.3. The normalized spacial score (nSPS) is 12.0. The molecule has 2 amide bonds. The molecule has 8 nitrogen and oxygen atoms in total. The zero-order chi connectivity index (χ0) is 33.9. The number of nitrogens with one attached hydrogen (secondary N) is 4. The molecular weight excluding hydrogens is 608 g/mol. The highest BCUT2D eigenvalue weighted by Crippen LogP contribution is 2.24. The Bertz CT molecular complexity index is 2400. The average Bonchev–Trinajstić information content (AvgIpc) is 3.73. The Balaban J connectivity index is 1.26. The number of carbonyl (C=O) groups excluding carboxylic acids is 2. The Hall–Kier alpha value is -6.54. The van der Waals surface area contributed by atoms with Crippen LogP contribution in [0.3, 0.4) is 0 Å². The van der Waals surface area contributed by atoms with E-state index in [1.165, 1.54) is 0 Å². The second-order valence-corrected chi connectivity index (χ2v) is 12.1. The smallest absolute Gasteiger partial charge is 0.255 e. The van der Waals surface area contributed by atoms with Crippen LogP contribution in [0.5, 0.6) is 0 Å². The van der Waals surface area contributed by atoms with E-state index in [0.29, 0.717) is 34.2 Å². The van der Waals surface area contributed by atoms with Gasteiger partial charge in [-0.3, -0.25) is 9.59 Å². The number of fused-ring (bicyclic) bond motifs is 2. The number of benzene rings is 5. The molecule has 7 aromatic rings. The molecule has 0 aliphatic carbocycles. The Labute approximate surface area is 283 Å². The van der Waals surface area contributed by atoms with Crippen molar-refractivity contribution in [2.75, 3.05) is 0 Å². The number of rotatable bonds is 8. The molecule has 0 atom stereocenters. The van der Waals surface area contributed by atoms with Crippen LogP contribution in [0.4, 0.5) is 0 Å². The number of amides is 2. The van der Waals surface area contributed by atoms with Crippen LogP contribution in [-0.4, -0.2) is 31.8 Å². The van der Waals surface area contributed by atoms with Gasteiger partial charge in [0.15, 0.2) is 11.6 Å². The predicted octanol–water partition coefficient (Wildman–Crippen LogP) is 8.22. The number of imidazole rings is 2. The zero-order valence-corrected chi connectivity index (χ0v) is 27.3. The van der Waals surface area contributed by atoms with Crippen molar-refractivity contribution < 1.29 is 9.59 Å². The number of nitrogens with zero attached hydrogens (tertiary/aromatic N) is 2. The van der Waals surface area contributed by atoms with Gasteiger partial charge in [0.25, 0.3) is 11.8 Å². The van der Waals surface area contributed by atoms with Gasteiger partial charge >= 0.3 is 0 Å². The van der Waals surface area contributed by atoms with E-state index in [1.807, 2.05) is 124 Å². The molecule has 49 heavy (non-hydrogen) atoms. The second kappa shape index (κ2) is 13.3. The molecule has 7 rings (SSSR count). The van der Waals surface area contributed by atoms with Crippen LogP contribution in [0.25, 0.3) is 45.6 Å². The quantitative estimate of drug-likeness (QED) is 0.134. The van der Waals surface area contributed by atoms with Crippen molar-refractivity contribution in [1.29, 1.82) is 0 Å². The Kier molecular flexibility index (Phi) is 8.43. The lowest BCUT2D eigenvalue weighted by molar-refractivity contribution is 0.0965. The van der Waals surface area contributed by atoms with Gasteiger partial charge in [-0.2, -0.15) is 0 Å². The lowest BCUT2D eigenvalue weighted by Crippen LogP contribution is -2.22. The van der Waals surface area contributed by atoms with Crippen molar-refractivity contribution in [2.24, 2.45) is 0 Å². The predicted molar refractivity (Wildman–Crippen MR) is 196 cm³/mol. The van der Waals surface area contributed by atoms with E-state index in [0.717, 1.165) is 49.9 Å². The summed E-state index contributed by atoms with van der Waals surface area (Å²) in [5, 5.41) is 6.15. The summed E-state index contributed by atoms with van der Waals surface area (Å²) in [5.41, 5.74) is 10.5. The number of hydrogen-bond acceptors (Lipinski definition) is 4. The molecule has 0 bridgehead atoms. The summed E-state index contributed by atoms with van der Waals surface area (Å²) < 4.78 is 0. The first-order valence-corrected chi connectivity index (χ1v) is 16.0. The van der Waals surface area contributed by atoms with Crippen molar-refractivity contribution >= 4 is 57.4 Å². The fraction of sp³-hybridized carbons (Fsp3) is 0.0732. The Morgan fingerprint density at radius 1 is 0.571 bits per heavy atom.